The summed E-state index contributed by atoms with van der Waals surface area (Å²) in [6.45, 7) is 2.89. The molecule has 3 amide bonds. The van der Waals surface area contributed by atoms with Crippen molar-refractivity contribution in [3.8, 4) is 0 Å². The number of ketones is 1. The number of rotatable bonds is 4. The van der Waals surface area contributed by atoms with Crippen LogP contribution < -0.4 is 10.2 Å². The molecule has 7 heteroatoms. The van der Waals surface area contributed by atoms with Gasteiger partial charge in [-0.2, -0.15) is 0 Å². The summed E-state index contributed by atoms with van der Waals surface area (Å²) in [5.41, 5.74) is -0.604. The molecule has 0 bridgehead atoms. The van der Waals surface area contributed by atoms with Crippen molar-refractivity contribution in [2.24, 2.45) is 11.3 Å². The molecule has 6 nitrogen and oxygen atoms in total. The molecule has 1 fully saturated rings. The fourth-order valence-corrected chi connectivity index (χ4v) is 3.55. The number of fused-ring (bicyclic) bond motifs is 1. The quantitative estimate of drug-likeness (QED) is 0.649. The molecule has 2 atom stereocenters. The zero-order valence-electron chi connectivity index (χ0n) is 14.3. The Kier molecular flexibility index (Phi) is 4.54. The highest BCUT2D eigenvalue weighted by atomic mass is 35.5. The standard InChI is InChI=1S/C19H17ClN2O4/c1-11(23)10-15(24)21-14-9-8-13-17(25)22(12-6-4-3-5-7-12)18(26)19(13,2)16(14)20/h3-9,13H,10H2,1-2H3,(H,21,24). The minimum Gasteiger partial charge on any atom is -0.325 e. The van der Waals surface area contributed by atoms with Crippen LogP contribution in [-0.2, 0) is 19.2 Å². The van der Waals surface area contributed by atoms with Crippen molar-refractivity contribution < 1.29 is 19.2 Å². The van der Waals surface area contributed by atoms with Crippen LogP contribution in [0.1, 0.15) is 20.3 Å². The van der Waals surface area contributed by atoms with Gasteiger partial charge in [0, 0.05) is 0 Å². The summed E-state index contributed by atoms with van der Waals surface area (Å²) >= 11 is 6.45. The molecule has 26 heavy (non-hydrogen) atoms. The summed E-state index contributed by atoms with van der Waals surface area (Å²) in [6, 6.07) is 8.61. The van der Waals surface area contributed by atoms with Crippen LogP contribution in [-0.4, -0.2) is 23.5 Å². The van der Waals surface area contributed by atoms with E-state index >= 15 is 0 Å². The summed E-state index contributed by atoms with van der Waals surface area (Å²) in [5, 5.41) is 2.63. The Hall–Kier alpha value is -2.73. The van der Waals surface area contributed by atoms with Gasteiger partial charge >= 0.3 is 0 Å². The third kappa shape index (κ3) is 2.76. The molecular weight excluding hydrogens is 356 g/mol. The minimum absolute atomic E-state index is 0.0821. The van der Waals surface area contributed by atoms with E-state index in [1.807, 2.05) is 0 Å². The first kappa shape index (κ1) is 18.1. The Morgan fingerprint density at radius 2 is 1.88 bits per heavy atom. The lowest BCUT2D eigenvalue weighted by Gasteiger charge is -2.29. The second-order valence-electron chi connectivity index (χ2n) is 6.51. The first-order valence-corrected chi connectivity index (χ1v) is 8.45. The van der Waals surface area contributed by atoms with Gasteiger partial charge in [-0.15, -0.1) is 0 Å². The second-order valence-corrected chi connectivity index (χ2v) is 6.89. The number of amides is 3. The van der Waals surface area contributed by atoms with Crippen LogP contribution in [0.2, 0.25) is 0 Å². The number of hydrogen-bond acceptors (Lipinski definition) is 4. The van der Waals surface area contributed by atoms with E-state index in [4.69, 9.17) is 11.6 Å². The van der Waals surface area contributed by atoms with Crippen molar-refractivity contribution in [2.75, 3.05) is 4.90 Å². The van der Waals surface area contributed by atoms with E-state index < -0.39 is 23.1 Å². The molecule has 3 rings (SSSR count). The summed E-state index contributed by atoms with van der Waals surface area (Å²) in [4.78, 5) is 50.0. The second kappa shape index (κ2) is 6.53. The van der Waals surface area contributed by atoms with Crippen LogP contribution in [0.3, 0.4) is 0 Å². The van der Waals surface area contributed by atoms with Gasteiger partial charge in [0.05, 0.1) is 28.8 Å². The molecule has 1 aromatic carbocycles. The number of carbonyl (C=O) groups is 4. The molecule has 1 saturated heterocycles. The average molecular weight is 373 g/mol. The van der Waals surface area contributed by atoms with Crippen molar-refractivity contribution in [3.05, 3.63) is 53.2 Å². The van der Waals surface area contributed by atoms with Crippen LogP contribution in [0, 0.1) is 11.3 Å². The number of anilines is 1. The van der Waals surface area contributed by atoms with Crippen molar-refractivity contribution in [2.45, 2.75) is 20.3 Å². The number of imide groups is 1. The zero-order chi connectivity index (χ0) is 19.1. The van der Waals surface area contributed by atoms with E-state index in [1.165, 1.54) is 13.0 Å². The lowest BCUT2D eigenvalue weighted by atomic mass is 9.75. The summed E-state index contributed by atoms with van der Waals surface area (Å²) in [7, 11) is 0. The fourth-order valence-electron chi connectivity index (χ4n) is 3.24. The van der Waals surface area contributed by atoms with Crippen LogP contribution in [0.15, 0.2) is 53.2 Å². The van der Waals surface area contributed by atoms with Gasteiger partial charge in [0.15, 0.2) is 0 Å². The van der Waals surface area contributed by atoms with E-state index in [-0.39, 0.29) is 28.8 Å². The van der Waals surface area contributed by atoms with Gasteiger partial charge in [-0.3, -0.25) is 19.2 Å². The Morgan fingerprint density at radius 3 is 2.50 bits per heavy atom. The van der Waals surface area contributed by atoms with Crippen LogP contribution in [0.25, 0.3) is 0 Å². The molecule has 2 aliphatic rings. The molecule has 1 aliphatic carbocycles. The Bertz CT molecular complexity index is 875. The first-order chi connectivity index (χ1) is 12.3. The number of nitrogens with one attached hydrogen (secondary N) is 1. The van der Waals surface area contributed by atoms with E-state index in [1.54, 1.807) is 43.3 Å². The van der Waals surface area contributed by atoms with E-state index in [2.05, 4.69) is 5.32 Å². The zero-order valence-corrected chi connectivity index (χ0v) is 15.0. The highest BCUT2D eigenvalue weighted by molar-refractivity contribution is 6.37. The molecule has 0 radical (unpaired) electrons. The smallest absolute Gasteiger partial charge is 0.246 e. The molecule has 134 valence electrons. The van der Waals surface area contributed by atoms with E-state index in [0.29, 0.717) is 5.69 Å². The van der Waals surface area contributed by atoms with E-state index in [0.717, 1.165) is 4.90 Å². The van der Waals surface area contributed by atoms with Gasteiger partial charge < -0.3 is 5.32 Å². The van der Waals surface area contributed by atoms with Gasteiger partial charge in [-0.05, 0) is 32.1 Å². The number of halogens is 1. The van der Waals surface area contributed by atoms with Crippen molar-refractivity contribution in [3.63, 3.8) is 0 Å². The third-order valence-electron chi connectivity index (χ3n) is 4.60. The first-order valence-electron chi connectivity index (χ1n) is 8.08. The Balaban J connectivity index is 1.97. The Morgan fingerprint density at radius 1 is 1.23 bits per heavy atom. The number of para-hydroxylation sites is 1. The maximum atomic E-state index is 13.1. The number of nitrogens with zero attached hydrogens (tertiary/aromatic N) is 1. The molecule has 1 aliphatic heterocycles. The van der Waals surface area contributed by atoms with Gasteiger partial charge in [-0.25, -0.2) is 4.90 Å². The normalized spacial score (nSPS) is 24.7. The summed E-state index contributed by atoms with van der Waals surface area (Å²) < 4.78 is 0. The fraction of sp³-hybridized carbons (Fsp3) is 0.263. The maximum Gasteiger partial charge on any atom is 0.246 e. The largest absolute Gasteiger partial charge is 0.325 e. The molecule has 0 saturated carbocycles. The van der Waals surface area contributed by atoms with Gasteiger partial charge in [0.25, 0.3) is 0 Å². The highest BCUT2D eigenvalue weighted by Crippen LogP contribution is 2.50. The van der Waals surface area contributed by atoms with Crippen molar-refractivity contribution in [1.82, 2.24) is 5.32 Å². The summed E-state index contributed by atoms with van der Waals surface area (Å²) in [6.07, 6.45) is 2.79. The number of benzene rings is 1. The lowest BCUT2D eigenvalue weighted by molar-refractivity contribution is -0.127. The van der Waals surface area contributed by atoms with Crippen LogP contribution in [0.4, 0.5) is 5.69 Å². The molecule has 0 spiro atoms. The maximum absolute atomic E-state index is 13.1. The average Bonchev–Trinajstić information content (AvgIpc) is 2.78. The SMILES string of the molecule is CC(=O)CC(=O)NC1=C(Cl)C2(C)C(=O)N(c3ccccc3)C(=O)C2C=C1. The predicted octanol–water partition coefficient (Wildman–Crippen LogP) is 2.30. The van der Waals surface area contributed by atoms with Gasteiger partial charge in [0.1, 0.15) is 11.2 Å². The van der Waals surface area contributed by atoms with E-state index in [9.17, 15) is 19.2 Å². The summed E-state index contributed by atoms with van der Waals surface area (Å²) in [5.74, 6) is -2.38. The van der Waals surface area contributed by atoms with Crippen LogP contribution in [0.5, 0.6) is 0 Å². The highest BCUT2D eigenvalue weighted by Gasteiger charge is 2.59. The number of allylic oxidation sites excluding steroid dienone is 1. The Labute approximate surface area is 155 Å². The van der Waals surface area contributed by atoms with Crippen molar-refractivity contribution in [1.29, 1.82) is 0 Å². The molecule has 0 aromatic heterocycles. The van der Waals surface area contributed by atoms with Crippen LogP contribution >= 0.6 is 11.6 Å². The molecule has 1 heterocycles. The van der Waals surface area contributed by atoms with Crippen molar-refractivity contribution >= 4 is 40.8 Å². The minimum atomic E-state index is -1.30. The predicted molar refractivity (Wildman–Crippen MR) is 96.0 cm³/mol. The number of carbonyl (C=O) groups excluding carboxylic acids is 4. The molecular formula is C19H17ClN2O4. The molecule has 1 aromatic rings. The monoisotopic (exact) mass is 372 g/mol. The molecule has 1 N–H and O–H groups in total. The topological polar surface area (TPSA) is 83.6 Å². The lowest BCUT2D eigenvalue weighted by Crippen LogP contribution is -2.38. The number of Topliss-reactive ketones (excluding diaryl/α,β-unsaturated/α-hetero) is 1. The number of hydrogen-bond donors (Lipinski definition) is 1. The third-order valence-corrected chi connectivity index (χ3v) is 5.20. The van der Waals surface area contributed by atoms with Gasteiger partial charge in [-0.1, -0.05) is 35.9 Å². The molecule has 2 unspecified atom stereocenters. The van der Waals surface area contributed by atoms with Gasteiger partial charge in [0.2, 0.25) is 17.7 Å².